The van der Waals surface area contributed by atoms with Gasteiger partial charge in [-0.25, -0.2) is 0 Å². The van der Waals surface area contributed by atoms with Crippen LogP contribution < -0.4 is 4.74 Å². The van der Waals surface area contributed by atoms with Crippen LogP contribution >= 0.6 is 22.9 Å². The van der Waals surface area contributed by atoms with Crippen LogP contribution in [0.4, 0.5) is 0 Å². The van der Waals surface area contributed by atoms with Gasteiger partial charge in [0, 0.05) is 20.3 Å². The van der Waals surface area contributed by atoms with E-state index in [0.29, 0.717) is 18.1 Å². The second-order valence-corrected chi connectivity index (χ2v) is 8.31. The lowest BCUT2D eigenvalue weighted by Gasteiger charge is -2.39. The molecule has 1 N–H and O–H groups in total. The van der Waals surface area contributed by atoms with E-state index in [4.69, 9.17) is 16.3 Å². The van der Waals surface area contributed by atoms with E-state index in [1.54, 1.807) is 11.3 Å². The molecule has 0 spiro atoms. The fraction of sp³-hybridized carbons (Fsp3) is 0.450. The summed E-state index contributed by atoms with van der Waals surface area (Å²) in [6.07, 6.45) is 2.60. The topological polar surface area (TPSA) is 49.8 Å². The SMILES string of the molecule is CCOc1ccc(Cl)cc1C(c1ccc(C)s1)N1CCCCC1C(=O)O. The highest BCUT2D eigenvalue weighted by atomic mass is 35.5. The number of aryl methyl sites for hydroxylation is 1. The van der Waals surface area contributed by atoms with Gasteiger partial charge in [0.15, 0.2) is 0 Å². The number of aliphatic carboxylic acids is 1. The Morgan fingerprint density at radius 3 is 2.85 bits per heavy atom. The van der Waals surface area contributed by atoms with Crippen LogP contribution in [0.1, 0.15) is 47.5 Å². The molecule has 2 heterocycles. The number of halogens is 1. The van der Waals surface area contributed by atoms with Crippen molar-refractivity contribution in [2.24, 2.45) is 0 Å². The second-order valence-electron chi connectivity index (χ2n) is 6.55. The average molecular weight is 394 g/mol. The molecule has 1 saturated heterocycles. The average Bonchev–Trinajstić information content (AvgIpc) is 3.04. The minimum atomic E-state index is -0.761. The van der Waals surface area contributed by atoms with Gasteiger partial charge in [0.1, 0.15) is 11.8 Å². The maximum Gasteiger partial charge on any atom is 0.320 e. The van der Waals surface area contributed by atoms with Crippen molar-refractivity contribution in [1.82, 2.24) is 4.90 Å². The van der Waals surface area contributed by atoms with E-state index in [0.717, 1.165) is 35.6 Å². The molecular weight excluding hydrogens is 370 g/mol. The Kier molecular flexibility index (Phi) is 6.22. The first-order chi connectivity index (χ1) is 12.5. The van der Waals surface area contributed by atoms with Gasteiger partial charge in [-0.2, -0.15) is 0 Å². The van der Waals surface area contributed by atoms with Crippen molar-refractivity contribution < 1.29 is 14.6 Å². The molecule has 0 radical (unpaired) electrons. The Hall–Kier alpha value is -1.56. The van der Waals surface area contributed by atoms with Crippen LogP contribution in [0.25, 0.3) is 0 Å². The summed E-state index contributed by atoms with van der Waals surface area (Å²) in [6, 6.07) is 9.12. The van der Waals surface area contributed by atoms with Gasteiger partial charge in [-0.3, -0.25) is 9.69 Å². The van der Waals surface area contributed by atoms with E-state index in [1.165, 1.54) is 4.88 Å². The van der Waals surface area contributed by atoms with Crippen molar-refractivity contribution in [3.8, 4) is 5.75 Å². The van der Waals surface area contributed by atoms with Crippen molar-refractivity contribution in [1.29, 1.82) is 0 Å². The summed E-state index contributed by atoms with van der Waals surface area (Å²) in [6.45, 7) is 5.31. The van der Waals surface area contributed by atoms with Gasteiger partial charge >= 0.3 is 5.97 Å². The van der Waals surface area contributed by atoms with Crippen LogP contribution in [0.15, 0.2) is 30.3 Å². The number of hydrogen-bond donors (Lipinski definition) is 1. The van der Waals surface area contributed by atoms with E-state index in [-0.39, 0.29) is 6.04 Å². The van der Waals surface area contributed by atoms with Crippen LogP contribution in [0.2, 0.25) is 5.02 Å². The Balaban J connectivity index is 2.13. The summed E-state index contributed by atoms with van der Waals surface area (Å²) >= 11 is 8.00. The Labute approximate surface area is 163 Å². The summed E-state index contributed by atoms with van der Waals surface area (Å²) < 4.78 is 5.86. The molecule has 0 amide bonds. The number of carboxylic acids is 1. The number of hydrogen-bond acceptors (Lipinski definition) is 4. The molecule has 4 nitrogen and oxygen atoms in total. The van der Waals surface area contributed by atoms with Crippen LogP contribution in [0, 0.1) is 6.92 Å². The number of benzene rings is 1. The molecule has 1 aliphatic rings. The molecule has 1 aromatic heterocycles. The second kappa shape index (κ2) is 8.42. The molecule has 1 aromatic carbocycles. The molecule has 2 atom stereocenters. The molecule has 0 bridgehead atoms. The zero-order valence-electron chi connectivity index (χ0n) is 15.1. The van der Waals surface area contributed by atoms with E-state index >= 15 is 0 Å². The Bertz CT molecular complexity index is 776. The van der Waals surface area contributed by atoms with Crippen molar-refractivity contribution >= 4 is 28.9 Å². The summed E-state index contributed by atoms with van der Waals surface area (Å²) in [5.74, 6) is 0.00521. The number of ether oxygens (including phenoxy) is 1. The van der Waals surface area contributed by atoms with Crippen molar-refractivity contribution in [2.75, 3.05) is 13.2 Å². The van der Waals surface area contributed by atoms with E-state index in [1.807, 2.05) is 25.1 Å². The first kappa shape index (κ1) is 19.2. The van der Waals surface area contributed by atoms with Crippen molar-refractivity contribution in [3.63, 3.8) is 0 Å². The minimum absolute atomic E-state index is 0.171. The number of thiophene rings is 1. The van der Waals surface area contributed by atoms with E-state index < -0.39 is 12.0 Å². The van der Waals surface area contributed by atoms with Gasteiger partial charge in [0.2, 0.25) is 0 Å². The van der Waals surface area contributed by atoms with Crippen LogP contribution in [0.5, 0.6) is 5.75 Å². The van der Waals surface area contributed by atoms with E-state index in [2.05, 4.69) is 24.0 Å². The van der Waals surface area contributed by atoms with Crippen molar-refractivity contribution in [3.05, 3.63) is 50.7 Å². The number of carbonyl (C=O) groups is 1. The van der Waals surface area contributed by atoms with Crippen LogP contribution in [0.3, 0.4) is 0 Å². The van der Waals surface area contributed by atoms with Gasteiger partial charge in [0.05, 0.1) is 12.6 Å². The molecule has 0 saturated carbocycles. The summed E-state index contributed by atoms with van der Waals surface area (Å²) in [5.41, 5.74) is 0.939. The maximum absolute atomic E-state index is 11.9. The lowest BCUT2D eigenvalue weighted by molar-refractivity contribution is -0.145. The fourth-order valence-corrected chi connectivity index (χ4v) is 4.84. The fourth-order valence-electron chi connectivity index (χ4n) is 3.64. The number of likely N-dealkylation sites (tertiary alicyclic amines) is 1. The summed E-state index contributed by atoms with van der Waals surface area (Å²) in [4.78, 5) is 16.3. The summed E-state index contributed by atoms with van der Waals surface area (Å²) in [7, 11) is 0. The molecule has 26 heavy (non-hydrogen) atoms. The third kappa shape index (κ3) is 4.05. The normalized spacial score (nSPS) is 19.3. The number of nitrogens with zero attached hydrogens (tertiary/aromatic N) is 1. The van der Waals surface area contributed by atoms with Gasteiger partial charge in [0.25, 0.3) is 0 Å². The molecule has 3 rings (SSSR count). The first-order valence-corrected chi connectivity index (χ1v) is 10.2. The number of carboxylic acid groups (broad SMARTS) is 1. The first-order valence-electron chi connectivity index (χ1n) is 8.98. The zero-order chi connectivity index (χ0) is 18.7. The van der Waals surface area contributed by atoms with Gasteiger partial charge in [-0.1, -0.05) is 18.0 Å². The van der Waals surface area contributed by atoms with Gasteiger partial charge in [-0.05, 0) is 63.6 Å². The molecule has 6 heteroatoms. The quantitative estimate of drug-likeness (QED) is 0.738. The zero-order valence-corrected chi connectivity index (χ0v) is 16.6. The number of piperidine rings is 1. The highest BCUT2D eigenvalue weighted by Crippen LogP contribution is 2.41. The van der Waals surface area contributed by atoms with Gasteiger partial charge in [-0.15, -0.1) is 11.3 Å². The predicted octanol–water partition coefficient (Wildman–Crippen LogP) is 5.14. The highest BCUT2D eigenvalue weighted by Gasteiger charge is 2.37. The van der Waals surface area contributed by atoms with Crippen LogP contribution in [-0.4, -0.2) is 35.2 Å². The molecule has 1 fully saturated rings. The number of rotatable bonds is 6. The standard InChI is InChI=1S/C20H24ClNO3S/c1-3-25-17-9-8-14(21)12-15(17)19(18-10-7-13(2)26-18)22-11-5-4-6-16(22)20(23)24/h7-10,12,16,19H,3-6,11H2,1-2H3,(H,23,24). The molecule has 2 aromatic rings. The minimum Gasteiger partial charge on any atom is -0.494 e. The highest BCUT2D eigenvalue weighted by molar-refractivity contribution is 7.12. The maximum atomic E-state index is 11.9. The third-order valence-corrected chi connectivity index (χ3v) is 6.05. The van der Waals surface area contributed by atoms with Gasteiger partial charge < -0.3 is 9.84 Å². The molecular formula is C20H24ClNO3S. The molecule has 140 valence electrons. The van der Waals surface area contributed by atoms with Crippen LogP contribution in [-0.2, 0) is 4.79 Å². The molecule has 1 aliphatic heterocycles. The lowest BCUT2D eigenvalue weighted by atomic mass is 9.94. The monoisotopic (exact) mass is 393 g/mol. The Morgan fingerprint density at radius 1 is 1.38 bits per heavy atom. The van der Waals surface area contributed by atoms with E-state index in [9.17, 15) is 9.90 Å². The largest absolute Gasteiger partial charge is 0.494 e. The Morgan fingerprint density at radius 2 is 2.19 bits per heavy atom. The smallest absolute Gasteiger partial charge is 0.320 e. The molecule has 2 unspecified atom stereocenters. The predicted molar refractivity (Wildman–Crippen MR) is 106 cm³/mol. The lowest BCUT2D eigenvalue weighted by Crippen LogP contribution is -2.46. The molecule has 0 aliphatic carbocycles. The third-order valence-electron chi connectivity index (χ3n) is 4.76. The summed E-state index contributed by atoms with van der Waals surface area (Å²) in [5, 5.41) is 10.4. The van der Waals surface area contributed by atoms with Crippen molar-refractivity contribution in [2.45, 2.75) is 45.2 Å².